The zero-order valence-electron chi connectivity index (χ0n) is 11.6. The Morgan fingerprint density at radius 2 is 1.94 bits per heavy atom. The molecule has 1 aliphatic rings. The van der Waals surface area contributed by atoms with Crippen LogP contribution in [0.3, 0.4) is 0 Å². The minimum atomic E-state index is 0. The van der Waals surface area contributed by atoms with Gasteiger partial charge in [-0.15, -0.1) is 0 Å². The molecule has 7 N–H and O–H groups in total. The van der Waals surface area contributed by atoms with E-state index in [0.717, 1.165) is 23.7 Å². The summed E-state index contributed by atoms with van der Waals surface area (Å²) in [4.78, 5) is 2.89. The monoisotopic (exact) mass is 318 g/mol. The Balaban J connectivity index is -0.0000000884. The summed E-state index contributed by atoms with van der Waals surface area (Å²) in [5, 5.41) is 6.53. The molecule has 0 atom stereocenters. The van der Waals surface area contributed by atoms with Gasteiger partial charge >= 0.3 is 0 Å². The van der Waals surface area contributed by atoms with Crippen molar-refractivity contribution in [3.63, 3.8) is 0 Å². The van der Waals surface area contributed by atoms with Crippen LogP contribution in [0.1, 0.15) is 39.0 Å². The van der Waals surface area contributed by atoms with E-state index < -0.39 is 0 Å². The van der Waals surface area contributed by atoms with Gasteiger partial charge in [0.15, 0.2) is 0 Å². The lowest BCUT2D eigenvalue weighted by Gasteiger charge is -1.88. The summed E-state index contributed by atoms with van der Waals surface area (Å²) in [6.07, 6.45) is 5.84. The Morgan fingerprint density at radius 1 is 1.39 bits per heavy atom. The second-order valence-corrected chi connectivity index (χ2v) is 4.52. The number of hydrogen-bond acceptors (Lipinski definition) is 2. The number of amidine groups is 1. The Labute approximate surface area is 128 Å². The van der Waals surface area contributed by atoms with Crippen LogP contribution in [0.5, 0.6) is 0 Å². The summed E-state index contributed by atoms with van der Waals surface area (Å²) in [6.45, 7) is 2.16. The highest BCUT2D eigenvalue weighted by atomic mass is 35.5. The van der Waals surface area contributed by atoms with Gasteiger partial charge in [-0.2, -0.15) is 0 Å². The lowest BCUT2D eigenvalue weighted by atomic mass is 10.2. The molecule has 1 saturated heterocycles. The number of halogens is 2. The van der Waals surface area contributed by atoms with E-state index in [2.05, 4.69) is 17.6 Å². The fourth-order valence-electron chi connectivity index (χ4n) is 1.01. The van der Waals surface area contributed by atoms with E-state index in [1.165, 1.54) is 32.1 Å². The van der Waals surface area contributed by atoms with Crippen LogP contribution in [0, 0.1) is 0 Å². The normalized spacial score (nSPS) is 13.1. The van der Waals surface area contributed by atoms with Gasteiger partial charge in [-0.3, -0.25) is 16.1 Å². The fraction of sp³-hybridized carbons (Fsp3) is 0.818. The van der Waals surface area contributed by atoms with Crippen LogP contribution in [0.25, 0.3) is 0 Å². The molecule has 18 heavy (non-hydrogen) atoms. The minimum Gasteiger partial charge on any atom is -1.00 e. The van der Waals surface area contributed by atoms with E-state index in [9.17, 15) is 0 Å². The van der Waals surface area contributed by atoms with Gasteiger partial charge in [-0.05, 0) is 19.9 Å². The molecule has 0 amide bonds. The van der Waals surface area contributed by atoms with Crippen LogP contribution in [0.4, 0.5) is 0 Å². The number of hydrogen-bond donors (Lipinski definition) is 4. The Morgan fingerprint density at radius 3 is 2.17 bits per heavy atom. The summed E-state index contributed by atoms with van der Waals surface area (Å²) in [6, 6.07) is 0. The third-order valence-electron chi connectivity index (χ3n) is 1.98. The predicted octanol–water partition coefficient (Wildman–Crippen LogP) is -7.50. The topological polar surface area (TPSA) is 91.6 Å². The van der Waals surface area contributed by atoms with Gasteiger partial charge in [-0.25, -0.2) is 0 Å². The first-order valence-electron chi connectivity index (χ1n) is 5.81. The van der Waals surface area contributed by atoms with Crippen molar-refractivity contribution in [2.75, 3.05) is 19.8 Å². The van der Waals surface area contributed by atoms with E-state index in [-0.39, 0.29) is 24.8 Å². The number of nitrogens with two attached hydrogens (primary N) is 3. The zero-order valence-corrected chi connectivity index (χ0v) is 14.0. The van der Waals surface area contributed by atoms with Crippen molar-refractivity contribution in [2.24, 2.45) is 11.5 Å². The van der Waals surface area contributed by atoms with Crippen LogP contribution in [-0.4, -0.2) is 30.7 Å². The van der Waals surface area contributed by atoms with Gasteiger partial charge in [0.05, 0.1) is 7.05 Å². The third kappa shape index (κ3) is 21.3. The first kappa shape index (κ1) is 26.6. The van der Waals surface area contributed by atoms with Gasteiger partial charge < -0.3 is 30.5 Å². The summed E-state index contributed by atoms with van der Waals surface area (Å²) >= 11 is 1.79. The van der Waals surface area contributed by atoms with Crippen molar-refractivity contribution in [2.45, 2.75) is 39.0 Å². The molecule has 0 spiro atoms. The third-order valence-corrected chi connectivity index (χ3v) is 3.04. The molecule has 1 rings (SSSR count). The van der Waals surface area contributed by atoms with Gasteiger partial charge in [0, 0.05) is 18.6 Å². The second kappa shape index (κ2) is 22.2. The highest BCUT2D eigenvalue weighted by molar-refractivity contribution is 8.14. The van der Waals surface area contributed by atoms with E-state index in [1.54, 1.807) is 11.8 Å². The second-order valence-electron chi connectivity index (χ2n) is 3.30. The van der Waals surface area contributed by atoms with Crippen LogP contribution >= 0.6 is 11.8 Å². The smallest absolute Gasteiger partial charge is 0.240 e. The standard InChI is InChI=1S/C6H14N2.C4H7NS.CH5N.2ClH/c1-3-4-5-6(7)8-2;5-4-2-1-3-6-4;1-2;;/h3-5H2,1-2H3,(H2,7,8);5H,1-3H2;2H2,1H3;2*1H. The highest BCUT2D eigenvalue weighted by Gasteiger charge is 2.09. The van der Waals surface area contributed by atoms with E-state index in [1.807, 2.05) is 7.05 Å². The number of nitrogens with one attached hydrogen (secondary N) is 1. The molecule has 0 bridgehead atoms. The number of unbranched alkanes of at least 4 members (excludes halogenated alkanes) is 1. The molecule has 0 saturated carbocycles. The maximum Gasteiger partial charge on any atom is 0.240 e. The average molecular weight is 319 g/mol. The Bertz CT molecular complexity index is 193. The molecule has 112 valence electrons. The van der Waals surface area contributed by atoms with Crippen molar-refractivity contribution in [1.82, 2.24) is 0 Å². The molecular weight excluding hydrogens is 291 g/mol. The molecule has 4 nitrogen and oxygen atoms in total. The van der Waals surface area contributed by atoms with Crippen molar-refractivity contribution in [3.05, 3.63) is 0 Å². The molecule has 1 aliphatic heterocycles. The lowest BCUT2D eigenvalue weighted by molar-refractivity contribution is -0.422. The molecule has 0 unspecified atom stereocenters. The fourth-order valence-corrected chi connectivity index (χ4v) is 1.85. The zero-order chi connectivity index (χ0) is 12.8. The summed E-state index contributed by atoms with van der Waals surface area (Å²) in [5.41, 5.74) is 9.96. The average Bonchev–Trinajstić information content (AvgIpc) is 2.80. The van der Waals surface area contributed by atoms with E-state index >= 15 is 0 Å². The maximum absolute atomic E-state index is 5.46. The van der Waals surface area contributed by atoms with E-state index in [4.69, 9.17) is 11.1 Å². The lowest BCUT2D eigenvalue weighted by Crippen LogP contribution is -3.00. The summed E-state index contributed by atoms with van der Waals surface area (Å²) in [5.74, 6) is 2.14. The van der Waals surface area contributed by atoms with Crippen molar-refractivity contribution < 1.29 is 35.2 Å². The molecular formula is C11H28Cl2N4S. The van der Waals surface area contributed by atoms with Crippen molar-refractivity contribution in [1.29, 1.82) is 0 Å². The Hall–Kier alpha value is 0.0300. The first-order chi connectivity index (χ1) is 7.70. The quantitative estimate of drug-likeness (QED) is 0.308. The summed E-state index contributed by atoms with van der Waals surface area (Å²) < 4.78 is 0. The Kier molecular flexibility index (Phi) is 32.8. The van der Waals surface area contributed by atoms with Crippen molar-refractivity contribution >= 4 is 22.6 Å². The molecule has 0 aromatic heterocycles. The van der Waals surface area contributed by atoms with E-state index in [0.29, 0.717) is 0 Å². The van der Waals surface area contributed by atoms with Crippen LogP contribution in [0.2, 0.25) is 0 Å². The molecule has 0 radical (unpaired) electrons. The van der Waals surface area contributed by atoms with Crippen LogP contribution < -0.4 is 46.7 Å². The van der Waals surface area contributed by atoms with Gasteiger partial charge in [0.25, 0.3) is 0 Å². The highest BCUT2D eigenvalue weighted by Crippen LogP contribution is 2.15. The summed E-state index contributed by atoms with van der Waals surface area (Å²) in [7, 11) is 3.35. The number of thioether (sulfide) groups is 1. The molecule has 0 aromatic carbocycles. The molecule has 1 heterocycles. The number of rotatable bonds is 3. The van der Waals surface area contributed by atoms with Gasteiger partial charge in [0.2, 0.25) is 10.9 Å². The van der Waals surface area contributed by atoms with Crippen molar-refractivity contribution in [3.8, 4) is 0 Å². The molecule has 0 aliphatic carbocycles. The predicted molar refractivity (Wildman–Crippen MR) is 74.3 cm³/mol. The van der Waals surface area contributed by atoms with Gasteiger partial charge in [-0.1, -0.05) is 25.1 Å². The first-order valence-corrected chi connectivity index (χ1v) is 6.80. The van der Waals surface area contributed by atoms with Gasteiger partial charge in [0.1, 0.15) is 0 Å². The molecule has 7 heteroatoms. The SMILES string of the molecule is CCCCC(N)=[NH+]C.CN.[Cl-].[Cl-].[NH2+]=C1CCCS1. The van der Waals surface area contributed by atoms with Crippen LogP contribution in [-0.2, 0) is 0 Å². The molecule has 0 aromatic rings. The minimum absolute atomic E-state index is 0. The maximum atomic E-state index is 5.46. The largest absolute Gasteiger partial charge is 1.00 e. The molecule has 1 fully saturated rings. The van der Waals surface area contributed by atoms with Crippen LogP contribution in [0.15, 0.2) is 0 Å².